The number of carboxylic acids is 1. The van der Waals surface area contributed by atoms with Gasteiger partial charge in [0.2, 0.25) is 0 Å². The fourth-order valence-corrected chi connectivity index (χ4v) is 2.15. The first-order valence-corrected chi connectivity index (χ1v) is 6.74. The molecule has 2 rings (SSSR count). The zero-order valence-electron chi connectivity index (χ0n) is 11.3. The maximum absolute atomic E-state index is 12.0. The van der Waals surface area contributed by atoms with Gasteiger partial charge in [0.15, 0.2) is 0 Å². The number of imide groups is 1. The summed E-state index contributed by atoms with van der Waals surface area (Å²) in [5.74, 6) is -2.73. The van der Waals surface area contributed by atoms with Gasteiger partial charge in [-0.3, -0.25) is 14.5 Å². The number of carbonyl (C=O) groups excluding carboxylic acids is 2. The minimum atomic E-state index is -1.28. The molecule has 6 nitrogen and oxygen atoms in total. The van der Waals surface area contributed by atoms with Gasteiger partial charge in [-0.05, 0) is 30.2 Å². The van der Waals surface area contributed by atoms with E-state index in [-0.39, 0.29) is 22.9 Å². The molecule has 22 heavy (non-hydrogen) atoms. The van der Waals surface area contributed by atoms with Gasteiger partial charge in [0.1, 0.15) is 16.3 Å². The smallest absolute Gasteiger partial charge is 0.339 e. The van der Waals surface area contributed by atoms with Crippen molar-refractivity contribution in [2.75, 3.05) is 6.54 Å². The average molecular weight is 322 g/mol. The number of hydrogen-bond donors (Lipinski definition) is 2. The molecule has 1 aliphatic heterocycles. The first-order chi connectivity index (χ1) is 10.4. The lowest BCUT2D eigenvalue weighted by Crippen LogP contribution is -2.38. The van der Waals surface area contributed by atoms with E-state index in [1.165, 1.54) is 24.3 Å². The maximum Gasteiger partial charge on any atom is 0.339 e. The summed E-state index contributed by atoms with van der Waals surface area (Å²) in [6.45, 7) is 0.244. The lowest BCUT2D eigenvalue weighted by molar-refractivity contribution is -0.139. The van der Waals surface area contributed by atoms with Crippen LogP contribution in [0.3, 0.4) is 0 Å². The van der Waals surface area contributed by atoms with E-state index in [0.29, 0.717) is 12.0 Å². The molecule has 7 heteroatoms. The third-order valence-corrected chi connectivity index (χ3v) is 3.38. The number of carbonyl (C=O) groups is 3. The summed E-state index contributed by atoms with van der Waals surface area (Å²) in [6.07, 6.45) is 4.57. The van der Waals surface area contributed by atoms with E-state index in [4.69, 9.17) is 16.7 Å². The molecule has 114 valence electrons. The molecule has 2 amide bonds. The summed E-state index contributed by atoms with van der Waals surface area (Å²) in [4.78, 5) is 35.6. The average Bonchev–Trinajstić information content (AvgIpc) is 2.48. The quantitative estimate of drug-likeness (QED) is 0.830. The Bertz CT molecular complexity index is 708. The van der Waals surface area contributed by atoms with Crippen LogP contribution >= 0.6 is 11.6 Å². The van der Waals surface area contributed by atoms with Gasteiger partial charge in [-0.2, -0.15) is 0 Å². The Morgan fingerprint density at radius 2 is 2.05 bits per heavy atom. The highest BCUT2D eigenvalue weighted by molar-refractivity contribution is 6.43. The third kappa shape index (κ3) is 3.35. The molecule has 0 atom stereocenters. The van der Waals surface area contributed by atoms with Crippen molar-refractivity contribution in [3.8, 4) is 5.75 Å². The standard InChI is InChI=1S/C15H12ClNO5/c16-11-2-1-7-17(14(11)20)13(19)6-4-9-3-5-12(18)10(8-9)15(21)22/h2-6,8,18H,1,7H2,(H,21,22). The molecular weight excluding hydrogens is 310 g/mol. The molecule has 1 aromatic carbocycles. The Balaban J connectivity index is 2.17. The summed E-state index contributed by atoms with van der Waals surface area (Å²) < 4.78 is 0. The molecule has 2 N–H and O–H groups in total. The van der Waals surface area contributed by atoms with Crippen molar-refractivity contribution < 1.29 is 24.6 Å². The number of benzene rings is 1. The van der Waals surface area contributed by atoms with Crippen molar-refractivity contribution in [3.05, 3.63) is 46.5 Å². The van der Waals surface area contributed by atoms with Gasteiger partial charge >= 0.3 is 5.97 Å². The normalized spacial score (nSPS) is 15.0. The van der Waals surface area contributed by atoms with Crippen LogP contribution in [0.15, 0.2) is 35.4 Å². The van der Waals surface area contributed by atoms with Crippen molar-refractivity contribution >= 4 is 35.5 Å². The second kappa shape index (κ2) is 6.44. The summed E-state index contributed by atoms with van der Waals surface area (Å²) in [5, 5.41) is 18.3. The van der Waals surface area contributed by atoms with Gasteiger partial charge in [0, 0.05) is 12.6 Å². The molecule has 0 aromatic heterocycles. The van der Waals surface area contributed by atoms with Gasteiger partial charge in [0.25, 0.3) is 11.8 Å². The van der Waals surface area contributed by atoms with Crippen molar-refractivity contribution in [1.29, 1.82) is 0 Å². The van der Waals surface area contributed by atoms with E-state index >= 15 is 0 Å². The van der Waals surface area contributed by atoms with Crippen LogP contribution in [0, 0.1) is 0 Å². The topological polar surface area (TPSA) is 94.9 Å². The molecule has 0 saturated carbocycles. The van der Waals surface area contributed by atoms with Gasteiger partial charge in [-0.15, -0.1) is 0 Å². The Morgan fingerprint density at radius 1 is 1.32 bits per heavy atom. The molecule has 1 heterocycles. The SMILES string of the molecule is O=C(O)c1cc(C=CC(=O)N2CCC=C(Cl)C2=O)ccc1O. The molecule has 1 aliphatic rings. The number of amides is 2. The fourth-order valence-electron chi connectivity index (χ4n) is 1.93. The summed E-state index contributed by atoms with van der Waals surface area (Å²) in [7, 11) is 0. The maximum atomic E-state index is 12.0. The Kier molecular flexibility index (Phi) is 4.62. The number of halogens is 1. The molecular formula is C15H12ClNO5. The number of phenols is 1. The fraction of sp³-hybridized carbons (Fsp3) is 0.133. The van der Waals surface area contributed by atoms with E-state index < -0.39 is 17.8 Å². The van der Waals surface area contributed by atoms with E-state index in [1.54, 1.807) is 6.08 Å². The second-order valence-electron chi connectivity index (χ2n) is 4.55. The first kappa shape index (κ1) is 15.8. The number of hydrogen-bond acceptors (Lipinski definition) is 4. The summed E-state index contributed by atoms with van der Waals surface area (Å²) in [6, 6.07) is 3.90. The number of carboxylic acid groups (broad SMARTS) is 1. The molecule has 0 radical (unpaired) electrons. The van der Waals surface area contributed by atoms with Gasteiger partial charge < -0.3 is 10.2 Å². The Morgan fingerprint density at radius 3 is 2.73 bits per heavy atom. The van der Waals surface area contributed by atoms with Crippen molar-refractivity contribution in [1.82, 2.24) is 4.90 Å². The highest BCUT2D eigenvalue weighted by Crippen LogP contribution is 2.20. The van der Waals surface area contributed by atoms with Gasteiger partial charge in [0.05, 0.1) is 0 Å². The van der Waals surface area contributed by atoms with E-state index in [1.807, 2.05) is 0 Å². The van der Waals surface area contributed by atoms with Crippen LogP contribution in [-0.2, 0) is 9.59 Å². The number of nitrogens with zero attached hydrogens (tertiary/aromatic N) is 1. The highest BCUT2D eigenvalue weighted by atomic mass is 35.5. The number of aromatic carboxylic acids is 1. The van der Waals surface area contributed by atoms with Crippen LogP contribution in [0.5, 0.6) is 5.75 Å². The minimum absolute atomic E-state index is 0.00537. The lowest BCUT2D eigenvalue weighted by Gasteiger charge is -2.21. The van der Waals surface area contributed by atoms with Crippen LogP contribution in [-0.4, -0.2) is 39.4 Å². The minimum Gasteiger partial charge on any atom is -0.507 e. The van der Waals surface area contributed by atoms with Gasteiger partial charge in [-0.25, -0.2) is 4.79 Å². The molecule has 0 aliphatic carbocycles. The van der Waals surface area contributed by atoms with Crippen molar-refractivity contribution in [2.24, 2.45) is 0 Å². The summed E-state index contributed by atoms with van der Waals surface area (Å²) in [5.41, 5.74) is 0.143. The molecule has 0 bridgehead atoms. The molecule has 1 aromatic rings. The molecule has 0 saturated heterocycles. The van der Waals surface area contributed by atoms with Crippen molar-refractivity contribution in [3.63, 3.8) is 0 Å². The highest BCUT2D eigenvalue weighted by Gasteiger charge is 2.24. The zero-order valence-corrected chi connectivity index (χ0v) is 12.1. The van der Waals surface area contributed by atoms with E-state index in [2.05, 4.69) is 0 Å². The Labute approximate surface area is 130 Å². The molecule has 0 fully saturated rings. The van der Waals surface area contributed by atoms with Gasteiger partial charge in [-0.1, -0.05) is 23.7 Å². The van der Waals surface area contributed by atoms with Crippen molar-refractivity contribution in [2.45, 2.75) is 6.42 Å². The lowest BCUT2D eigenvalue weighted by atomic mass is 10.1. The van der Waals surface area contributed by atoms with E-state index in [0.717, 1.165) is 11.0 Å². The van der Waals surface area contributed by atoms with Crippen LogP contribution in [0.25, 0.3) is 6.08 Å². The monoisotopic (exact) mass is 321 g/mol. The molecule has 0 spiro atoms. The van der Waals surface area contributed by atoms with Crippen LogP contribution in [0.1, 0.15) is 22.3 Å². The predicted octanol–water partition coefficient (Wildman–Crippen LogP) is 1.99. The summed E-state index contributed by atoms with van der Waals surface area (Å²) >= 11 is 5.70. The third-order valence-electron chi connectivity index (χ3n) is 3.06. The molecule has 0 unspecified atom stereocenters. The number of aromatic hydroxyl groups is 1. The number of rotatable bonds is 3. The van der Waals surface area contributed by atoms with E-state index in [9.17, 15) is 19.5 Å². The van der Waals surface area contributed by atoms with Crippen LogP contribution in [0.2, 0.25) is 0 Å². The predicted molar refractivity (Wildman–Crippen MR) is 79.4 cm³/mol. The van der Waals surface area contributed by atoms with Crippen LogP contribution in [0.4, 0.5) is 0 Å². The Hall–Kier alpha value is -2.60. The van der Waals surface area contributed by atoms with Crippen LogP contribution < -0.4 is 0 Å². The first-order valence-electron chi connectivity index (χ1n) is 6.36. The largest absolute Gasteiger partial charge is 0.507 e. The second-order valence-corrected chi connectivity index (χ2v) is 4.96. The zero-order chi connectivity index (χ0) is 16.3.